The maximum absolute atomic E-state index is 9.41. The zero-order valence-electron chi connectivity index (χ0n) is 13.0. The maximum atomic E-state index is 9.41. The van der Waals surface area contributed by atoms with Crippen LogP contribution in [0.5, 0.6) is 0 Å². The van der Waals surface area contributed by atoms with Crippen LogP contribution in [0.2, 0.25) is 5.02 Å². The van der Waals surface area contributed by atoms with Gasteiger partial charge in [-0.25, -0.2) is 0 Å². The molecule has 0 aliphatic carbocycles. The molecule has 2 atom stereocenters. The van der Waals surface area contributed by atoms with Crippen LogP contribution in [0, 0.1) is 0 Å². The molecule has 3 rings (SSSR count). The highest BCUT2D eigenvalue weighted by atomic mass is 35.5. The monoisotopic (exact) mass is 332 g/mol. The summed E-state index contributed by atoms with van der Waals surface area (Å²) in [6.07, 6.45) is 1.52. The molecular weight excluding hydrogens is 312 g/mol. The first kappa shape index (κ1) is 16.5. The highest BCUT2D eigenvalue weighted by molar-refractivity contribution is 6.30. The Bertz CT molecular complexity index is 614. The van der Waals surface area contributed by atoms with E-state index in [1.165, 1.54) is 0 Å². The van der Waals surface area contributed by atoms with Gasteiger partial charge in [-0.15, -0.1) is 0 Å². The number of hydrogen-bond acceptors (Lipinski definition) is 3. The first-order valence-corrected chi connectivity index (χ1v) is 8.26. The van der Waals surface area contributed by atoms with E-state index in [1.807, 2.05) is 54.6 Å². The average molecular weight is 333 g/mol. The van der Waals surface area contributed by atoms with Crippen molar-refractivity contribution >= 4 is 11.6 Å². The Morgan fingerprint density at radius 3 is 2.52 bits per heavy atom. The van der Waals surface area contributed by atoms with Crippen LogP contribution in [0.3, 0.4) is 0 Å². The molecule has 0 amide bonds. The fourth-order valence-electron chi connectivity index (χ4n) is 3.02. The van der Waals surface area contributed by atoms with Crippen molar-refractivity contribution in [3.05, 3.63) is 70.7 Å². The van der Waals surface area contributed by atoms with Crippen molar-refractivity contribution in [2.24, 2.45) is 0 Å². The minimum atomic E-state index is -0.507. The zero-order valence-corrected chi connectivity index (χ0v) is 13.7. The van der Waals surface area contributed by atoms with Gasteiger partial charge in [-0.3, -0.25) is 0 Å². The van der Waals surface area contributed by atoms with Gasteiger partial charge in [-0.2, -0.15) is 0 Å². The number of hydrogen-bond donors (Lipinski definition) is 1. The number of aliphatic hydroxyl groups excluding tert-OH is 1. The second-order valence-electron chi connectivity index (χ2n) is 5.94. The van der Waals surface area contributed by atoms with Crippen molar-refractivity contribution < 1.29 is 14.6 Å². The molecule has 1 saturated heterocycles. The summed E-state index contributed by atoms with van der Waals surface area (Å²) in [4.78, 5) is 0. The smallest absolute Gasteiger partial charge is 0.117 e. The summed E-state index contributed by atoms with van der Waals surface area (Å²) in [7, 11) is 0. The molecule has 0 aromatic heterocycles. The first-order chi connectivity index (χ1) is 11.2. The molecule has 122 valence electrons. The molecule has 1 fully saturated rings. The van der Waals surface area contributed by atoms with Gasteiger partial charge < -0.3 is 14.6 Å². The maximum Gasteiger partial charge on any atom is 0.117 e. The molecule has 2 aromatic carbocycles. The van der Waals surface area contributed by atoms with Crippen LogP contribution in [-0.4, -0.2) is 24.4 Å². The predicted octanol–water partition coefficient (Wildman–Crippen LogP) is 3.92. The summed E-state index contributed by atoms with van der Waals surface area (Å²) in [5.41, 5.74) is 1.67. The third-order valence-electron chi connectivity index (χ3n) is 4.28. The average Bonchev–Trinajstić information content (AvgIpc) is 3.01. The van der Waals surface area contributed by atoms with E-state index in [-0.39, 0.29) is 12.7 Å². The third-order valence-corrected chi connectivity index (χ3v) is 4.54. The summed E-state index contributed by atoms with van der Waals surface area (Å²) in [6.45, 7) is 1.04. The number of halogens is 1. The zero-order chi connectivity index (χ0) is 16.1. The fourth-order valence-corrected chi connectivity index (χ4v) is 3.15. The Morgan fingerprint density at radius 2 is 1.87 bits per heavy atom. The minimum absolute atomic E-state index is 0.0357. The Labute approximate surface area is 141 Å². The van der Waals surface area contributed by atoms with E-state index < -0.39 is 5.60 Å². The van der Waals surface area contributed by atoms with Crippen LogP contribution in [0.1, 0.15) is 24.0 Å². The molecule has 1 heterocycles. The molecule has 1 aliphatic heterocycles. The molecule has 3 nitrogen and oxygen atoms in total. The normalized spacial score (nSPS) is 24.0. The van der Waals surface area contributed by atoms with Crippen molar-refractivity contribution in [1.82, 2.24) is 0 Å². The first-order valence-electron chi connectivity index (χ1n) is 7.88. The SMILES string of the molecule is OCC1CCC(COCc2ccccc2)(c2ccc(Cl)cc2)O1. The van der Waals surface area contributed by atoms with E-state index in [4.69, 9.17) is 21.1 Å². The molecule has 2 unspecified atom stereocenters. The van der Waals surface area contributed by atoms with E-state index in [9.17, 15) is 5.11 Å². The van der Waals surface area contributed by atoms with E-state index in [0.29, 0.717) is 18.2 Å². The predicted molar refractivity (Wildman–Crippen MR) is 90.4 cm³/mol. The van der Waals surface area contributed by atoms with Crippen LogP contribution in [-0.2, 0) is 21.7 Å². The summed E-state index contributed by atoms with van der Waals surface area (Å²) in [6, 6.07) is 17.8. The van der Waals surface area contributed by atoms with Gasteiger partial charge in [0.05, 0.1) is 25.9 Å². The van der Waals surface area contributed by atoms with Crippen molar-refractivity contribution in [2.75, 3.05) is 13.2 Å². The lowest BCUT2D eigenvalue weighted by molar-refractivity contribution is -0.110. The number of aliphatic hydroxyl groups is 1. The summed E-state index contributed by atoms with van der Waals surface area (Å²) < 4.78 is 12.1. The van der Waals surface area contributed by atoms with Gasteiger partial charge >= 0.3 is 0 Å². The quantitative estimate of drug-likeness (QED) is 0.871. The number of benzene rings is 2. The number of rotatable bonds is 6. The highest BCUT2D eigenvalue weighted by Crippen LogP contribution is 2.40. The molecule has 1 aliphatic rings. The summed E-state index contributed by atoms with van der Waals surface area (Å²) >= 11 is 5.99. The van der Waals surface area contributed by atoms with Gasteiger partial charge in [0.2, 0.25) is 0 Å². The number of ether oxygens (including phenoxy) is 2. The Morgan fingerprint density at radius 1 is 1.13 bits per heavy atom. The molecule has 23 heavy (non-hydrogen) atoms. The van der Waals surface area contributed by atoms with Crippen molar-refractivity contribution in [1.29, 1.82) is 0 Å². The van der Waals surface area contributed by atoms with Gasteiger partial charge in [-0.05, 0) is 36.1 Å². The van der Waals surface area contributed by atoms with E-state index >= 15 is 0 Å². The molecule has 0 spiro atoms. The third kappa shape index (κ3) is 3.93. The van der Waals surface area contributed by atoms with Crippen molar-refractivity contribution in [2.45, 2.75) is 31.2 Å². The minimum Gasteiger partial charge on any atom is -0.394 e. The van der Waals surface area contributed by atoms with Gasteiger partial charge in [0.25, 0.3) is 0 Å². The Kier molecular flexibility index (Phi) is 5.34. The summed E-state index contributed by atoms with van der Waals surface area (Å²) in [5, 5.41) is 10.1. The fraction of sp³-hybridized carbons (Fsp3) is 0.368. The lowest BCUT2D eigenvalue weighted by atomic mass is 9.91. The lowest BCUT2D eigenvalue weighted by Crippen LogP contribution is -2.33. The largest absolute Gasteiger partial charge is 0.394 e. The Balaban J connectivity index is 1.72. The molecular formula is C19H21ClO3. The Hall–Kier alpha value is -1.39. The summed E-state index contributed by atoms with van der Waals surface area (Å²) in [5.74, 6) is 0. The van der Waals surface area contributed by atoms with Gasteiger partial charge in [-0.1, -0.05) is 54.1 Å². The standard InChI is InChI=1S/C19H21ClO3/c20-17-8-6-16(7-9-17)19(11-10-18(12-21)23-19)14-22-13-15-4-2-1-3-5-15/h1-9,18,21H,10-14H2. The molecule has 0 radical (unpaired) electrons. The van der Waals surface area contributed by atoms with Crippen LogP contribution in [0.15, 0.2) is 54.6 Å². The van der Waals surface area contributed by atoms with Crippen LogP contribution >= 0.6 is 11.6 Å². The van der Waals surface area contributed by atoms with Gasteiger partial charge in [0, 0.05) is 5.02 Å². The van der Waals surface area contributed by atoms with E-state index in [1.54, 1.807) is 0 Å². The van der Waals surface area contributed by atoms with Crippen molar-refractivity contribution in [3.63, 3.8) is 0 Å². The topological polar surface area (TPSA) is 38.7 Å². The molecule has 4 heteroatoms. The van der Waals surface area contributed by atoms with E-state index in [0.717, 1.165) is 24.0 Å². The van der Waals surface area contributed by atoms with Crippen LogP contribution in [0.4, 0.5) is 0 Å². The van der Waals surface area contributed by atoms with Crippen LogP contribution < -0.4 is 0 Å². The highest BCUT2D eigenvalue weighted by Gasteiger charge is 2.41. The molecule has 2 aromatic rings. The second kappa shape index (κ2) is 7.45. The molecule has 0 bridgehead atoms. The van der Waals surface area contributed by atoms with Gasteiger partial charge in [0.1, 0.15) is 5.60 Å². The second-order valence-corrected chi connectivity index (χ2v) is 6.38. The lowest BCUT2D eigenvalue weighted by Gasteiger charge is -2.30. The van der Waals surface area contributed by atoms with Crippen LogP contribution in [0.25, 0.3) is 0 Å². The van der Waals surface area contributed by atoms with Crippen molar-refractivity contribution in [3.8, 4) is 0 Å². The molecule has 0 saturated carbocycles. The van der Waals surface area contributed by atoms with Gasteiger partial charge in [0.15, 0.2) is 0 Å². The van der Waals surface area contributed by atoms with E-state index in [2.05, 4.69) is 0 Å². The molecule has 1 N–H and O–H groups in total.